The summed E-state index contributed by atoms with van der Waals surface area (Å²) in [6.45, 7) is 6.95. The molecule has 0 radical (unpaired) electrons. The number of rotatable bonds is 4. The summed E-state index contributed by atoms with van der Waals surface area (Å²) < 4.78 is 25.9. The van der Waals surface area contributed by atoms with Crippen molar-refractivity contribution in [2.45, 2.75) is 20.0 Å². The zero-order valence-corrected chi connectivity index (χ0v) is 10.7. The van der Waals surface area contributed by atoms with Crippen molar-refractivity contribution in [1.29, 1.82) is 0 Å². The molecule has 0 spiro atoms. The Morgan fingerprint density at radius 3 is 2.50 bits per heavy atom. The topological polar surface area (TPSA) is 23.5 Å². The SMILES string of the molecule is CC(C)CN1CC(C(O)c2ccc(F)c(F)c2)C1. The van der Waals surface area contributed by atoms with Gasteiger partial charge in [-0.1, -0.05) is 19.9 Å². The van der Waals surface area contributed by atoms with Crippen LogP contribution in [-0.4, -0.2) is 29.6 Å². The highest BCUT2D eigenvalue weighted by molar-refractivity contribution is 5.21. The van der Waals surface area contributed by atoms with E-state index in [0.717, 1.165) is 31.8 Å². The van der Waals surface area contributed by atoms with Gasteiger partial charge in [0.2, 0.25) is 0 Å². The summed E-state index contributed by atoms with van der Waals surface area (Å²) in [7, 11) is 0. The zero-order valence-electron chi connectivity index (χ0n) is 10.7. The second-order valence-electron chi connectivity index (χ2n) is 5.49. The van der Waals surface area contributed by atoms with E-state index in [1.54, 1.807) is 0 Å². The van der Waals surface area contributed by atoms with Crippen LogP contribution < -0.4 is 0 Å². The second-order valence-corrected chi connectivity index (χ2v) is 5.49. The van der Waals surface area contributed by atoms with E-state index in [1.165, 1.54) is 6.07 Å². The zero-order chi connectivity index (χ0) is 13.3. The third-order valence-corrected chi connectivity index (χ3v) is 3.34. The number of halogens is 2. The number of aliphatic hydroxyl groups excluding tert-OH is 1. The molecule has 4 heteroatoms. The van der Waals surface area contributed by atoms with E-state index in [-0.39, 0.29) is 5.92 Å². The molecule has 1 aliphatic heterocycles. The molecule has 1 aromatic carbocycles. The Kier molecular flexibility index (Phi) is 3.97. The summed E-state index contributed by atoms with van der Waals surface area (Å²) in [5.74, 6) is -1.05. The van der Waals surface area contributed by atoms with Crippen LogP contribution in [0.1, 0.15) is 25.5 Å². The Bertz CT molecular complexity index is 416. The summed E-state index contributed by atoms with van der Waals surface area (Å²) in [4.78, 5) is 2.26. The first-order valence-corrected chi connectivity index (χ1v) is 6.32. The van der Waals surface area contributed by atoms with Crippen molar-refractivity contribution >= 4 is 0 Å². The number of aliphatic hydroxyl groups is 1. The van der Waals surface area contributed by atoms with Crippen LogP contribution in [0.5, 0.6) is 0 Å². The van der Waals surface area contributed by atoms with Crippen LogP contribution in [-0.2, 0) is 0 Å². The van der Waals surface area contributed by atoms with E-state index in [0.29, 0.717) is 11.5 Å². The van der Waals surface area contributed by atoms with Gasteiger partial charge in [0, 0.05) is 25.6 Å². The van der Waals surface area contributed by atoms with Crippen molar-refractivity contribution in [1.82, 2.24) is 4.90 Å². The van der Waals surface area contributed by atoms with Crippen molar-refractivity contribution in [3.8, 4) is 0 Å². The molecule has 1 fully saturated rings. The molecule has 0 aromatic heterocycles. The van der Waals surface area contributed by atoms with Gasteiger partial charge in [0.15, 0.2) is 11.6 Å². The molecular formula is C14H19F2NO. The third-order valence-electron chi connectivity index (χ3n) is 3.34. The smallest absolute Gasteiger partial charge is 0.159 e. The summed E-state index contributed by atoms with van der Waals surface area (Å²) in [5, 5.41) is 10.1. The molecule has 1 heterocycles. The predicted molar refractivity (Wildman–Crippen MR) is 66.1 cm³/mol. The first-order valence-electron chi connectivity index (χ1n) is 6.32. The van der Waals surface area contributed by atoms with E-state index < -0.39 is 17.7 Å². The molecule has 100 valence electrons. The highest BCUT2D eigenvalue weighted by atomic mass is 19.2. The molecule has 2 nitrogen and oxygen atoms in total. The summed E-state index contributed by atoms with van der Waals surface area (Å²) >= 11 is 0. The maximum Gasteiger partial charge on any atom is 0.159 e. The van der Waals surface area contributed by atoms with Gasteiger partial charge >= 0.3 is 0 Å². The number of benzene rings is 1. The highest BCUT2D eigenvalue weighted by Gasteiger charge is 2.33. The normalized spacial score (nSPS) is 19.0. The molecule has 1 N–H and O–H groups in total. The molecule has 1 atom stereocenters. The van der Waals surface area contributed by atoms with Gasteiger partial charge in [-0.2, -0.15) is 0 Å². The molecule has 1 unspecified atom stereocenters. The second kappa shape index (κ2) is 5.33. The molecular weight excluding hydrogens is 236 g/mol. The Labute approximate surface area is 106 Å². The maximum absolute atomic E-state index is 13.1. The molecule has 0 bridgehead atoms. The fourth-order valence-electron chi connectivity index (χ4n) is 2.44. The monoisotopic (exact) mass is 255 g/mol. The first kappa shape index (κ1) is 13.4. The largest absolute Gasteiger partial charge is 0.388 e. The molecule has 1 aliphatic rings. The minimum atomic E-state index is -0.898. The van der Waals surface area contributed by atoms with Crippen LogP contribution in [0.15, 0.2) is 18.2 Å². The van der Waals surface area contributed by atoms with Crippen molar-refractivity contribution in [3.63, 3.8) is 0 Å². The van der Waals surface area contributed by atoms with Crippen LogP contribution in [0.4, 0.5) is 8.78 Å². The van der Waals surface area contributed by atoms with Gasteiger partial charge in [0.1, 0.15) is 0 Å². The predicted octanol–water partition coefficient (Wildman–Crippen LogP) is 2.59. The van der Waals surface area contributed by atoms with Crippen LogP contribution in [0.3, 0.4) is 0 Å². The van der Waals surface area contributed by atoms with Crippen LogP contribution in [0, 0.1) is 23.5 Å². The van der Waals surface area contributed by atoms with Gasteiger partial charge in [-0.05, 0) is 23.6 Å². The van der Waals surface area contributed by atoms with E-state index in [4.69, 9.17) is 0 Å². The van der Waals surface area contributed by atoms with Crippen molar-refractivity contribution in [2.24, 2.45) is 11.8 Å². The third kappa shape index (κ3) is 2.87. The standard InChI is InChI=1S/C14H19F2NO/c1-9(2)6-17-7-11(8-17)14(18)10-3-4-12(15)13(16)5-10/h3-5,9,11,14,18H,6-8H2,1-2H3. The lowest BCUT2D eigenvalue weighted by atomic mass is 9.88. The van der Waals surface area contributed by atoms with E-state index in [1.807, 2.05) is 0 Å². The average Bonchev–Trinajstić information content (AvgIpc) is 2.25. The minimum absolute atomic E-state index is 0.119. The van der Waals surface area contributed by atoms with Crippen LogP contribution >= 0.6 is 0 Å². The molecule has 1 saturated heterocycles. The van der Waals surface area contributed by atoms with Crippen LogP contribution in [0.25, 0.3) is 0 Å². The van der Waals surface area contributed by atoms with E-state index >= 15 is 0 Å². The number of nitrogens with zero attached hydrogens (tertiary/aromatic N) is 1. The lowest BCUT2D eigenvalue weighted by Gasteiger charge is -2.42. The van der Waals surface area contributed by atoms with Crippen molar-refractivity contribution in [3.05, 3.63) is 35.4 Å². The van der Waals surface area contributed by atoms with Gasteiger partial charge in [-0.3, -0.25) is 0 Å². The first-order chi connectivity index (χ1) is 8.47. The molecule has 0 amide bonds. The molecule has 1 aromatic rings. The molecule has 0 aliphatic carbocycles. The molecule has 0 saturated carbocycles. The van der Waals surface area contributed by atoms with E-state index in [9.17, 15) is 13.9 Å². The Balaban J connectivity index is 1.93. The summed E-state index contributed by atoms with van der Waals surface area (Å²) in [6, 6.07) is 3.61. The maximum atomic E-state index is 13.1. The van der Waals surface area contributed by atoms with E-state index in [2.05, 4.69) is 18.7 Å². The lowest BCUT2D eigenvalue weighted by Crippen LogP contribution is -2.50. The number of hydrogen-bond acceptors (Lipinski definition) is 2. The van der Waals surface area contributed by atoms with Gasteiger partial charge in [0.25, 0.3) is 0 Å². The summed E-state index contributed by atoms with van der Waals surface area (Å²) in [6.07, 6.45) is -0.705. The quantitative estimate of drug-likeness (QED) is 0.894. The van der Waals surface area contributed by atoms with Gasteiger partial charge in [-0.15, -0.1) is 0 Å². The lowest BCUT2D eigenvalue weighted by molar-refractivity contribution is -0.0104. The molecule has 18 heavy (non-hydrogen) atoms. The van der Waals surface area contributed by atoms with Crippen LogP contribution in [0.2, 0.25) is 0 Å². The Morgan fingerprint density at radius 2 is 1.94 bits per heavy atom. The van der Waals surface area contributed by atoms with Gasteiger partial charge in [0.05, 0.1) is 6.10 Å². The average molecular weight is 255 g/mol. The number of hydrogen-bond donors (Lipinski definition) is 1. The fourth-order valence-corrected chi connectivity index (χ4v) is 2.44. The fraction of sp³-hybridized carbons (Fsp3) is 0.571. The van der Waals surface area contributed by atoms with Gasteiger partial charge < -0.3 is 10.0 Å². The highest BCUT2D eigenvalue weighted by Crippen LogP contribution is 2.30. The Morgan fingerprint density at radius 1 is 1.28 bits per heavy atom. The number of likely N-dealkylation sites (tertiary alicyclic amines) is 1. The van der Waals surface area contributed by atoms with Crippen molar-refractivity contribution < 1.29 is 13.9 Å². The van der Waals surface area contributed by atoms with Gasteiger partial charge in [-0.25, -0.2) is 8.78 Å². The van der Waals surface area contributed by atoms with Crippen molar-refractivity contribution in [2.75, 3.05) is 19.6 Å². The molecule has 2 rings (SSSR count). The Hall–Kier alpha value is -1.00. The minimum Gasteiger partial charge on any atom is -0.388 e. The summed E-state index contributed by atoms with van der Waals surface area (Å²) in [5.41, 5.74) is 0.461.